The average molecular weight is 221 g/mol. The maximum absolute atomic E-state index is 13.3. The normalized spacial score (nSPS) is 9.81. The minimum absolute atomic E-state index is 0.274. The van der Waals surface area contributed by atoms with Crippen LogP contribution in [0.5, 0.6) is 5.75 Å². The molecule has 0 aliphatic rings. The Balaban J connectivity index is 2.38. The third-order valence-electron chi connectivity index (χ3n) is 2.22. The van der Waals surface area contributed by atoms with Crippen molar-refractivity contribution in [3.63, 3.8) is 0 Å². The van der Waals surface area contributed by atoms with Gasteiger partial charge in [0, 0.05) is 13.0 Å². The van der Waals surface area contributed by atoms with Crippen LogP contribution in [0.15, 0.2) is 18.2 Å². The molecule has 1 N–H and O–H groups in total. The van der Waals surface area contributed by atoms with Crippen molar-refractivity contribution in [1.82, 2.24) is 5.32 Å². The highest BCUT2D eigenvalue weighted by molar-refractivity contribution is 5.29. The van der Waals surface area contributed by atoms with E-state index in [0.29, 0.717) is 6.54 Å². The van der Waals surface area contributed by atoms with Gasteiger partial charge in [0.1, 0.15) is 0 Å². The van der Waals surface area contributed by atoms with Crippen LogP contribution in [-0.2, 0) is 6.54 Å². The molecule has 0 unspecified atom stereocenters. The zero-order valence-electron chi connectivity index (χ0n) is 9.42. The highest BCUT2D eigenvalue weighted by atomic mass is 19.1. The van der Waals surface area contributed by atoms with E-state index in [-0.39, 0.29) is 11.6 Å². The van der Waals surface area contributed by atoms with Crippen molar-refractivity contribution in [3.05, 3.63) is 29.6 Å². The van der Waals surface area contributed by atoms with Gasteiger partial charge < -0.3 is 10.1 Å². The molecule has 0 heterocycles. The number of methoxy groups -OCH3 is 1. The van der Waals surface area contributed by atoms with E-state index in [2.05, 4.69) is 11.2 Å². The second-order valence-electron chi connectivity index (χ2n) is 3.45. The zero-order chi connectivity index (χ0) is 11.8. The summed E-state index contributed by atoms with van der Waals surface area (Å²) < 4.78 is 18.1. The third kappa shape index (κ3) is 3.92. The van der Waals surface area contributed by atoms with E-state index in [1.54, 1.807) is 6.07 Å². The molecule has 1 rings (SSSR count). The van der Waals surface area contributed by atoms with Gasteiger partial charge in [-0.05, 0) is 30.7 Å². The van der Waals surface area contributed by atoms with Crippen LogP contribution in [0.3, 0.4) is 0 Å². The molecule has 0 spiro atoms. The molecule has 0 fully saturated rings. The van der Waals surface area contributed by atoms with Gasteiger partial charge in [-0.1, -0.05) is 6.07 Å². The summed E-state index contributed by atoms with van der Waals surface area (Å²) in [4.78, 5) is 0. The largest absolute Gasteiger partial charge is 0.494 e. The molecule has 0 saturated carbocycles. The van der Waals surface area contributed by atoms with Crippen molar-refractivity contribution >= 4 is 0 Å². The number of hydrogen-bond acceptors (Lipinski definition) is 2. The molecule has 0 amide bonds. The molecule has 0 aromatic heterocycles. The SMILES string of the molecule is C#CCCCNCc1ccc(OC)c(F)c1. The average Bonchev–Trinajstić information content (AvgIpc) is 2.29. The Kier molecular flexibility index (Phi) is 5.38. The zero-order valence-corrected chi connectivity index (χ0v) is 9.42. The number of halogens is 1. The summed E-state index contributed by atoms with van der Waals surface area (Å²) in [5.41, 5.74) is 0.902. The van der Waals surface area contributed by atoms with E-state index in [1.165, 1.54) is 13.2 Å². The summed E-state index contributed by atoms with van der Waals surface area (Å²) in [6, 6.07) is 4.96. The molecule has 0 radical (unpaired) electrons. The summed E-state index contributed by atoms with van der Waals surface area (Å²) in [5.74, 6) is 2.52. The molecule has 1 aromatic rings. The summed E-state index contributed by atoms with van der Waals surface area (Å²) in [7, 11) is 1.45. The predicted molar refractivity (Wildman–Crippen MR) is 62.7 cm³/mol. The minimum Gasteiger partial charge on any atom is -0.494 e. The van der Waals surface area contributed by atoms with Crippen LogP contribution in [0.1, 0.15) is 18.4 Å². The molecule has 16 heavy (non-hydrogen) atoms. The van der Waals surface area contributed by atoms with Gasteiger partial charge in [0.15, 0.2) is 11.6 Å². The first-order chi connectivity index (χ1) is 7.77. The first-order valence-corrected chi connectivity index (χ1v) is 5.24. The predicted octanol–water partition coefficient (Wildman–Crippen LogP) is 2.34. The van der Waals surface area contributed by atoms with Crippen molar-refractivity contribution in [2.24, 2.45) is 0 Å². The Bertz CT molecular complexity index is 371. The highest BCUT2D eigenvalue weighted by Gasteiger charge is 2.02. The maximum Gasteiger partial charge on any atom is 0.165 e. The van der Waals surface area contributed by atoms with Crippen molar-refractivity contribution in [3.8, 4) is 18.1 Å². The number of terminal acetylenes is 1. The summed E-state index contributed by atoms with van der Waals surface area (Å²) >= 11 is 0. The van der Waals surface area contributed by atoms with E-state index in [0.717, 1.165) is 24.9 Å². The number of rotatable bonds is 6. The molecule has 0 aliphatic heterocycles. The van der Waals surface area contributed by atoms with Gasteiger partial charge in [0.05, 0.1) is 7.11 Å². The third-order valence-corrected chi connectivity index (χ3v) is 2.22. The number of nitrogens with one attached hydrogen (secondary N) is 1. The minimum atomic E-state index is -0.328. The van der Waals surface area contributed by atoms with Crippen molar-refractivity contribution in [2.75, 3.05) is 13.7 Å². The highest BCUT2D eigenvalue weighted by Crippen LogP contribution is 2.17. The second-order valence-corrected chi connectivity index (χ2v) is 3.45. The Hall–Kier alpha value is -1.53. The molecule has 2 nitrogen and oxygen atoms in total. The Morgan fingerprint density at radius 3 is 2.94 bits per heavy atom. The molecular formula is C13H16FNO. The Morgan fingerprint density at radius 1 is 1.50 bits per heavy atom. The second kappa shape index (κ2) is 6.86. The molecule has 0 aliphatic carbocycles. The quantitative estimate of drug-likeness (QED) is 0.588. The van der Waals surface area contributed by atoms with Crippen LogP contribution in [-0.4, -0.2) is 13.7 Å². The monoisotopic (exact) mass is 221 g/mol. The topological polar surface area (TPSA) is 21.3 Å². The van der Waals surface area contributed by atoms with Gasteiger partial charge in [-0.2, -0.15) is 0 Å². The van der Waals surface area contributed by atoms with E-state index in [4.69, 9.17) is 11.2 Å². The van der Waals surface area contributed by atoms with E-state index >= 15 is 0 Å². The van der Waals surface area contributed by atoms with Gasteiger partial charge in [0.2, 0.25) is 0 Å². The molecule has 1 aromatic carbocycles. The number of benzene rings is 1. The van der Waals surface area contributed by atoms with Crippen molar-refractivity contribution < 1.29 is 9.13 Å². The van der Waals surface area contributed by atoms with Gasteiger partial charge >= 0.3 is 0 Å². The molecule has 0 saturated heterocycles. The first kappa shape index (κ1) is 12.5. The lowest BCUT2D eigenvalue weighted by atomic mass is 10.2. The molecule has 86 valence electrons. The fraction of sp³-hybridized carbons (Fsp3) is 0.385. The van der Waals surface area contributed by atoms with E-state index in [1.807, 2.05) is 6.07 Å². The smallest absolute Gasteiger partial charge is 0.165 e. The Morgan fingerprint density at radius 2 is 2.31 bits per heavy atom. The van der Waals surface area contributed by atoms with Crippen LogP contribution in [0, 0.1) is 18.2 Å². The Labute approximate surface area is 95.8 Å². The summed E-state index contributed by atoms with van der Waals surface area (Å²) in [6.07, 6.45) is 6.84. The lowest BCUT2D eigenvalue weighted by molar-refractivity contribution is 0.386. The van der Waals surface area contributed by atoms with Crippen molar-refractivity contribution in [2.45, 2.75) is 19.4 Å². The summed E-state index contributed by atoms with van der Waals surface area (Å²) in [6.45, 7) is 1.49. The van der Waals surface area contributed by atoms with Crippen LogP contribution in [0.25, 0.3) is 0 Å². The fourth-order valence-electron chi connectivity index (χ4n) is 1.37. The molecular weight excluding hydrogens is 205 g/mol. The van der Waals surface area contributed by atoms with Gasteiger partial charge in [-0.3, -0.25) is 0 Å². The van der Waals surface area contributed by atoms with Gasteiger partial charge in [-0.15, -0.1) is 12.3 Å². The lowest BCUT2D eigenvalue weighted by Crippen LogP contribution is -2.14. The standard InChI is InChI=1S/C13H16FNO/c1-3-4-5-8-15-10-11-6-7-13(16-2)12(14)9-11/h1,6-7,9,15H,4-5,8,10H2,2H3. The molecule has 0 bridgehead atoms. The van der Waals surface area contributed by atoms with Crippen LogP contribution >= 0.6 is 0 Å². The maximum atomic E-state index is 13.3. The number of unbranched alkanes of at least 4 members (excludes halogenated alkanes) is 1. The van der Waals surface area contributed by atoms with Crippen molar-refractivity contribution in [1.29, 1.82) is 0 Å². The first-order valence-electron chi connectivity index (χ1n) is 5.24. The molecule has 0 atom stereocenters. The van der Waals surface area contributed by atoms with Crippen LogP contribution in [0.2, 0.25) is 0 Å². The number of ether oxygens (including phenoxy) is 1. The fourth-order valence-corrected chi connectivity index (χ4v) is 1.37. The number of hydrogen-bond donors (Lipinski definition) is 1. The van der Waals surface area contributed by atoms with Gasteiger partial charge in [-0.25, -0.2) is 4.39 Å². The van der Waals surface area contributed by atoms with E-state index < -0.39 is 0 Å². The lowest BCUT2D eigenvalue weighted by Gasteiger charge is -2.06. The van der Waals surface area contributed by atoms with E-state index in [9.17, 15) is 4.39 Å². The van der Waals surface area contributed by atoms with Crippen LogP contribution < -0.4 is 10.1 Å². The van der Waals surface area contributed by atoms with Crippen LogP contribution in [0.4, 0.5) is 4.39 Å². The van der Waals surface area contributed by atoms with Gasteiger partial charge in [0.25, 0.3) is 0 Å². The summed E-state index contributed by atoms with van der Waals surface area (Å²) in [5, 5.41) is 3.20. The molecule has 3 heteroatoms.